The summed E-state index contributed by atoms with van der Waals surface area (Å²) in [6.45, 7) is 3.06. The molecule has 1 saturated heterocycles. The van der Waals surface area contributed by atoms with E-state index in [4.69, 9.17) is 4.74 Å². The minimum atomic E-state index is -3.60. The summed E-state index contributed by atoms with van der Waals surface area (Å²) >= 11 is 0. The molecule has 1 fully saturated rings. The molecule has 3 rings (SSSR count). The third-order valence-corrected chi connectivity index (χ3v) is 6.53. The van der Waals surface area contributed by atoms with Crippen LogP contribution in [-0.4, -0.2) is 45.5 Å². The van der Waals surface area contributed by atoms with Gasteiger partial charge in [0.1, 0.15) is 5.75 Å². The van der Waals surface area contributed by atoms with Crippen LogP contribution in [0.15, 0.2) is 59.5 Å². The van der Waals surface area contributed by atoms with E-state index >= 15 is 0 Å². The average molecular weight is 415 g/mol. The van der Waals surface area contributed by atoms with E-state index in [-0.39, 0.29) is 16.8 Å². The predicted molar refractivity (Wildman–Crippen MR) is 113 cm³/mol. The molecule has 0 atom stereocenters. The quantitative estimate of drug-likeness (QED) is 0.738. The number of likely N-dealkylation sites (tertiary alicyclic amines) is 1. The fraction of sp³-hybridized carbons (Fsp3) is 0.318. The van der Waals surface area contributed by atoms with Crippen molar-refractivity contribution in [1.82, 2.24) is 9.62 Å². The molecular formula is C22H26N2O4S. The highest BCUT2D eigenvalue weighted by atomic mass is 32.2. The van der Waals surface area contributed by atoms with Crippen molar-refractivity contribution >= 4 is 22.0 Å². The van der Waals surface area contributed by atoms with Crippen molar-refractivity contribution in [3.05, 3.63) is 65.7 Å². The van der Waals surface area contributed by atoms with Crippen LogP contribution in [0.1, 0.15) is 24.0 Å². The molecule has 1 aliphatic heterocycles. The second-order valence-electron chi connectivity index (χ2n) is 7.14. The number of ether oxygens (including phenoxy) is 1. The molecule has 29 heavy (non-hydrogen) atoms. The average Bonchev–Trinajstić information content (AvgIpc) is 2.73. The zero-order valence-electron chi connectivity index (χ0n) is 16.7. The number of nitrogens with zero attached hydrogens (tertiary/aromatic N) is 1. The molecule has 1 amide bonds. The van der Waals surface area contributed by atoms with Gasteiger partial charge < -0.3 is 9.64 Å². The van der Waals surface area contributed by atoms with Crippen LogP contribution in [0.2, 0.25) is 0 Å². The molecule has 0 radical (unpaired) electrons. The largest absolute Gasteiger partial charge is 0.497 e. The van der Waals surface area contributed by atoms with E-state index < -0.39 is 10.0 Å². The molecule has 7 heteroatoms. The van der Waals surface area contributed by atoms with Gasteiger partial charge in [-0.3, -0.25) is 4.79 Å². The molecule has 0 saturated carbocycles. The molecule has 1 aliphatic rings. The summed E-state index contributed by atoms with van der Waals surface area (Å²) < 4.78 is 32.9. The third-order valence-electron chi connectivity index (χ3n) is 4.99. The summed E-state index contributed by atoms with van der Waals surface area (Å²) in [6.07, 6.45) is 4.55. The number of carbonyl (C=O) groups is 1. The van der Waals surface area contributed by atoms with Gasteiger partial charge in [0, 0.05) is 25.2 Å². The maximum absolute atomic E-state index is 12.6. The van der Waals surface area contributed by atoms with Crippen molar-refractivity contribution in [2.24, 2.45) is 0 Å². The van der Waals surface area contributed by atoms with Crippen molar-refractivity contribution in [3.8, 4) is 5.75 Å². The lowest BCUT2D eigenvalue weighted by molar-refractivity contribution is -0.126. The second-order valence-corrected chi connectivity index (χ2v) is 8.85. The number of piperidine rings is 1. The fourth-order valence-electron chi connectivity index (χ4n) is 3.21. The summed E-state index contributed by atoms with van der Waals surface area (Å²) in [6, 6.07) is 14.1. The van der Waals surface area contributed by atoms with E-state index in [0.717, 1.165) is 5.56 Å². The Hall–Kier alpha value is -2.64. The standard InChI is InChI=1S/C22H26N2O4S/c1-17-3-5-18(6-4-17)7-12-22(25)24-15-13-19(14-16-24)23-29(26,27)21-10-8-20(28-2)9-11-21/h3-12,19,23H,13-16H2,1-2H3. The Morgan fingerprint density at radius 2 is 1.69 bits per heavy atom. The number of nitrogens with one attached hydrogen (secondary N) is 1. The zero-order chi connectivity index (χ0) is 20.9. The lowest BCUT2D eigenvalue weighted by Crippen LogP contribution is -2.46. The topological polar surface area (TPSA) is 75.7 Å². The number of amides is 1. The van der Waals surface area contributed by atoms with Crippen LogP contribution >= 0.6 is 0 Å². The molecule has 0 aromatic heterocycles. The van der Waals surface area contributed by atoms with Gasteiger partial charge in [-0.2, -0.15) is 0 Å². The van der Waals surface area contributed by atoms with Crippen molar-refractivity contribution in [1.29, 1.82) is 0 Å². The lowest BCUT2D eigenvalue weighted by Gasteiger charge is -2.31. The van der Waals surface area contributed by atoms with Crippen molar-refractivity contribution in [2.75, 3.05) is 20.2 Å². The number of hydrogen-bond acceptors (Lipinski definition) is 4. The first-order valence-electron chi connectivity index (χ1n) is 9.57. The van der Waals surface area contributed by atoms with Gasteiger partial charge in [-0.1, -0.05) is 29.8 Å². The monoisotopic (exact) mass is 414 g/mol. The first-order valence-corrected chi connectivity index (χ1v) is 11.1. The maximum atomic E-state index is 12.6. The third kappa shape index (κ3) is 5.68. The molecule has 0 bridgehead atoms. The predicted octanol–water partition coefficient (Wildman–Crippen LogP) is 2.99. The molecule has 1 heterocycles. The van der Waals surface area contributed by atoms with Crippen LogP contribution in [0.3, 0.4) is 0 Å². The van der Waals surface area contributed by atoms with Crippen LogP contribution < -0.4 is 9.46 Å². The Morgan fingerprint density at radius 1 is 1.07 bits per heavy atom. The molecule has 0 aliphatic carbocycles. The Kier molecular flexibility index (Phi) is 6.71. The Morgan fingerprint density at radius 3 is 2.28 bits per heavy atom. The van der Waals surface area contributed by atoms with E-state index in [1.807, 2.05) is 31.2 Å². The zero-order valence-corrected chi connectivity index (χ0v) is 17.5. The van der Waals surface area contributed by atoms with Crippen LogP contribution in [0.5, 0.6) is 5.75 Å². The number of carbonyl (C=O) groups excluding carboxylic acids is 1. The van der Waals surface area contributed by atoms with Crippen molar-refractivity contribution in [3.63, 3.8) is 0 Å². The van der Waals surface area contributed by atoms with Crippen LogP contribution in [0.25, 0.3) is 6.08 Å². The summed E-state index contributed by atoms with van der Waals surface area (Å²) in [5.41, 5.74) is 2.15. The second kappa shape index (κ2) is 9.24. The van der Waals surface area contributed by atoms with E-state index in [9.17, 15) is 13.2 Å². The van der Waals surface area contributed by atoms with Gasteiger partial charge in [-0.25, -0.2) is 13.1 Å². The van der Waals surface area contributed by atoms with Gasteiger partial charge in [0.2, 0.25) is 15.9 Å². The first kappa shape index (κ1) is 21.1. The highest BCUT2D eigenvalue weighted by molar-refractivity contribution is 7.89. The van der Waals surface area contributed by atoms with Gasteiger partial charge >= 0.3 is 0 Å². The molecule has 2 aromatic carbocycles. The molecule has 6 nitrogen and oxygen atoms in total. The minimum Gasteiger partial charge on any atom is -0.497 e. The molecule has 0 unspecified atom stereocenters. The normalized spacial score (nSPS) is 15.6. The van der Waals surface area contributed by atoms with Gasteiger partial charge in [0.25, 0.3) is 0 Å². The lowest BCUT2D eigenvalue weighted by atomic mass is 10.1. The summed E-state index contributed by atoms with van der Waals surface area (Å²) in [7, 11) is -2.06. The number of sulfonamides is 1. The highest BCUT2D eigenvalue weighted by Crippen LogP contribution is 2.18. The molecule has 1 N–H and O–H groups in total. The summed E-state index contributed by atoms with van der Waals surface area (Å²) in [5, 5.41) is 0. The Labute approximate surface area is 172 Å². The maximum Gasteiger partial charge on any atom is 0.246 e. The molecule has 154 valence electrons. The van der Waals surface area contributed by atoms with E-state index in [0.29, 0.717) is 31.7 Å². The van der Waals surface area contributed by atoms with Crippen LogP contribution in [-0.2, 0) is 14.8 Å². The summed E-state index contributed by atoms with van der Waals surface area (Å²) in [4.78, 5) is 14.4. The smallest absolute Gasteiger partial charge is 0.246 e. The van der Waals surface area contributed by atoms with E-state index in [1.54, 1.807) is 29.2 Å². The van der Waals surface area contributed by atoms with Crippen LogP contribution in [0, 0.1) is 6.92 Å². The first-order chi connectivity index (χ1) is 13.9. The van der Waals surface area contributed by atoms with Gasteiger partial charge in [-0.15, -0.1) is 0 Å². The van der Waals surface area contributed by atoms with Gasteiger partial charge in [0.15, 0.2) is 0 Å². The number of rotatable bonds is 6. The van der Waals surface area contributed by atoms with Gasteiger partial charge in [-0.05, 0) is 55.7 Å². The number of methoxy groups -OCH3 is 1. The summed E-state index contributed by atoms with van der Waals surface area (Å²) in [5.74, 6) is 0.552. The molecule has 2 aromatic rings. The Balaban J connectivity index is 1.52. The number of aryl methyl sites for hydroxylation is 1. The number of benzene rings is 2. The minimum absolute atomic E-state index is 0.0537. The fourth-order valence-corrected chi connectivity index (χ4v) is 4.52. The Bertz CT molecular complexity index is 959. The van der Waals surface area contributed by atoms with Gasteiger partial charge in [0.05, 0.1) is 12.0 Å². The van der Waals surface area contributed by atoms with Crippen molar-refractivity contribution in [2.45, 2.75) is 30.7 Å². The van der Waals surface area contributed by atoms with E-state index in [1.165, 1.54) is 24.8 Å². The highest BCUT2D eigenvalue weighted by Gasteiger charge is 2.26. The van der Waals surface area contributed by atoms with Crippen molar-refractivity contribution < 1.29 is 17.9 Å². The number of hydrogen-bond donors (Lipinski definition) is 1. The SMILES string of the molecule is COc1ccc(S(=O)(=O)NC2CCN(C(=O)C=Cc3ccc(C)cc3)CC2)cc1. The molecule has 0 spiro atoms. The molecular weight excluding hydrogens is 388 g/mol. The van der Waals surface area contributed by atoms with E-state index in [2.05, 4.69) is 4.72 Å². The van der Waals surface area contributed by atoms with Crippen LogP contribution in [0.4, 0.5) is 0 Å².